The van der Waals surface area contributed by atoms with Gasteiger partial charge in [0.2, 0.25) is 0 Å². The maximum absolute atomic E-state index is 12.4. The number of carboxylic acids is 1. The Bertz CT molecular complexity index is 576. The van der Waals surface area contributed by atoms with E-state index in [2.05, 4.69) is 0 Å². The Morgan fingerprint density at radius 1 is 1.38 bits per heavy atom. The van der Waals surface area contributed by atoms with Gasteiger partial charge in [-0.3, -0.25) is 4.79 Å². The largest absolute Gasteiger partial charge is 0.479 e. The van der Waals surface area contributed by atoms with Crippen LogP contribution in [-0.4, -0.2) is 47.2 Å². The van der Waals surface area contributed by atoms with Crippen molar-refractivity contribution in [3.8, 4) is 6.07 Å². The quantitative estimate of drug-likeness (QED) is 0.898. The number of nitriles is 1. The first kappa shape index (κ1) is 15.0. The van der Waals surface area contributed by atoms with Gasteiger partial charge < -0.3 is 14.7 Å². The van der Waals surface area contributed by atoms with Crippen LogP contribution >= 0.6 is 0 Å². The average Bonchev–Trinajstić information content (AvgIpc) is 2.47. The van der Waals surface area contributed by atoms with E-state index in [0.717, 1.165) is 5.56 Å². The summed E-state index contributed by atoms with van der Waals surface area (Å²) in [5.74, 6) is -1.29. The van der Waals surface area contributed by atoms with E-state index in [1.54, 1.807) is 31.2 Å². The van der Waals surface area contributed by atoms with Crippen molar-refractivity contribution in [1.29, 1.82) is 5.26 Å². The maximum atomic E-state index is 12.4. The Kier molecular flexibility index (Phi) is 4.55. The summed E-state index contributed by atoms with van der Waals surface area (Å²) in [5.41, 5.74) is 1.32. The molecule has 6 heteroatoms. The van der Waals surface area contributed by atoms with Crippen LogP contribution in [0.15, 0.2) is 24.3 Å². The van der Waals surface area contributed by atoms with Crippen LogP contribution in [0.3, 0.4) is 0 Å². The molecule has 2 rings (SSSR count). The molecule has 0 aliphatic carbocycles. The molecule has 2 atom stereocenters. The first-order chi connectivity index (χ1) is 10.0. The van der Waals surface area contributed by atoms with Gasteiger partial charge in [-0.05, 0) is 24.6 Å². The molecule has 0 spiro atoms. The number of hydrogen-bond donors (Lipinski definition) is 1. The molecule has 0 saturated carbocycles. The Balaban J connectivity index is 2.11. The molecule has 1 fully saturated rings. The zero-order valence-electron chi connectivity index (χ0n) is 11.7. The third-order valence-corrected chi connectivity index (χ3v) is 3.31. The van der Waals surface area contributed by atoms with Crippen molar-refractivity contribution >= 4 is 11.9 Å². The van der Waals surface area contributed by atoms with E-state index in [4.69, 9.17) is 15.1 Å². The highest BCUT2D eigenvalue weighted by Gasteiger charge is 2.32. The van der Waals surface area contributed by atoms with Gasteiger partial charge in [-0.2, -0.15) is 5.26 Å². The standard InChI is InChI=1S/C15H16N2O4/c1-10-8-17(9-13(21-10)15(19)20)14(18)12-4-2-11(3-5-12)6-7-16/h2-5,10,13H,6,8-9H2,1H3,(H,19,20)/t10-,13?/m1/s1. The molecule has 1 saturated heterocycles. The molecule has 1 aromatic carbocycles. The predicted molar refractivity (Wildman–Crippen MR) is 73.6 cm³/mol. The highest BCUT2D eigenvalue weighted by atomic mass is 16.5. The van der Waals surface area contributed by atoms with Crippen LogP contribution in [-0.2, 0) is 16.0 Å². The fourth-order valence-electron chi connectivity index (χ4n) is 2.29. The number of hydrogen-bond acceptors (Lipinski definition) is 4. The van der Waals surface area contributed by atoms with E-state index in [1.165, 1.54) is 4.90 Å². The monoisotopic (exact) mass is 288 g/mol. The Hall–Kier alpha value is -2.39. The van der Waals surface area contributed by atoms with Crippen LogP contribution in [0, 0.1) is 11.3 Å². The number of benzene rings is 1. The summed E-state index contributed by atoms with van der Waals surface area (Å²) in [6, 6.07) is 8.82. The molecule has 0 bridgehead atoms. The molecule has 1 N–H and O–H groups in total. The Morgan fingerprint density at radius 2 is 2.05 bits per heavy atom. The minimum absolute atomic E-state index is 0.0401. The minimum Gasteiger partial charge on any atom is -0.479 e. The minimum atomic E-state index is -1.07. The molecule has 6 nitrogen and oxygen atoms in total. The number of morpholine rings is 1. The lowest BCUT2D eigenvalue weighted by Crippen LogP contribution is -2.51. The van der Waals surface area contributed by atoms with E-state index in [0.29, 0.717) is 18.5 Å². The van der Waals surface area contributed by atoms with Crippen molar-refractivity contribution in [2.75, 3.05) is 13.1 Å². The summed E-state index contributed by atoms with van der Waals surface area (Å²) >= 11 is 0. The topological polar surface area (TPSA) is 90.6 Å². The van der Waals surface area contributed by atoms with E-state index in [9.17, 15) is 9.59 Å². The second-order valence-electron chi connectivity index (χ2n) is 5.02. The summed E-state index contributed by atoms with van der Waals surface area (Å²) in [7, 11) is 0. The van der Waals surface area contributed by atoms with Crippen molar-refractivity contribution in [2.24, 2.45) is 0 Å². The van der Waals surface area contributed by atoms with E-state index >= 15 is 0 Å². The summed E-state index contributed by atoms with van der Waals surface area (Å²) in [6.07, 6.45) is -1.01. The van der Waals surface area contributed by atoms with Gasteiger partial charge in [0.1, 0.15) is 0 Å². The highest BCUT2D eigenvalue weighted by molar-refractivity contribution is 5.94. The van der Waals surface area contributed by atoms with Crippen molar-refractivity contribution in [1.82, 2.24) is 4.90 Å². The second-order valence-corrected chi connectivity index (χ2v) is 5.02. The molecule has 1 aliphatic heterocycles. The van der Waals surface area contributed by atoms with Crippen LogP contribution in [0.2, 0.25) is 0 Å². The predicted octanol–water partition coefficient (Wildman–Crippen LogP) is 1.07. The number of nitrogens with zero attached hydrogens (tertiary/aromatic N) is 2. The normalized spacial score (nSPS) is 21.6. The van der Waals surface area contributed by atoms with Crippen LogP contribution in [0.1, 0.15) is 22.8 Å². The molecule has 0 aromatic heterocycles. The number of carboxylic acid groups (broad SMARTS) is 1. The Labute approximate surface area is 122 Å². The molecule has 1 aliphatic rings. The molecular formula is C15H16N2O4. The number of rotatable bonds is 3. The fraction of sp³-hybridized carbons (Fsp3) is 0.400. The second kappa shape index (κ2) is 6.37. The molecule has 1 heterocycles. The molecular weight excluding hydrogens is 272 g/mol. The summed E-state index contributed by atoms with van der Waals surface area (Å²) in [4.78, 5) is 24.9. The first-order valence-electron chi connectivity index (χ1n) is 6.64. The lowest BCUT2D eigenvalue weighted by Gasteiger charge is -2.35. The summed E-state index contributed by atoms with van der Waals surface area (Å²) in [5, 5.41) is 17.6. The van der Waals surface area contributed by atoms with Gasteiger partial charge in [0, 0.05) is 12.1 Å². The van der Waals surface area contributed by atoms with Crippen LogP contribution in [0.5, 0.6) is 0 Å². The highest BCUT2D eigenvalue weighted by Crippen LogP contribution is 2.15. The molecule has 1 unspecified atom stereocenters. The lowest BCUT2D eigenvalue weighted by molar-refractivity contribution is -0.160. The van der Waals surface area contributed by atoms with E-state index < -0.39 is 12.1 Å². The van der Waals surface area contributed by atoms with E-state index in [-0.39, 0.29) is 18.6 Å². The van der Waals surface area contributed by atoms with Crippen LogP contribution in [0.25, 0.3) is 0 Å². The smallest absolute Gasteiger partial charge is 0.334 e. The number of carbonyl (C=O) groups excluding carboxylic acids is 1. The van der Waals surface area contributed by atoms with Crippen molar-refractivity contribution in [2.45, 2.75) is 25.6 Å². The number of amides is 1. The fourth-order valence-corrected chi connectivity index (χ4v) is 2.29. The molecule has 110 valence electrons. The molecule has 21 heavy (non-hydrogen) atoms. The summed E-state index contributed by atoms with van der Waals surface area (Å²) < 4.78 is 5.29. The van der Waals surface area contributed by atoms with Crippen molar-refractivity contribution in [3.63, 3.8) is 0 Å². The zero-order valence-corrected chi connectivity index (χ0v) is 11.7. The van der Waals surface area contributed by atoms with Gasteiger partial charge in [0.05, 0.1) is 25.1 Å². The summed E-state index contributed by atoms with van der Waals surface area (Å²) in [6.45, 7) is 2.15. The van der Waals surface area contributed by atoms with Crippen molar-refractivity contribution in [3.05, 3.63) is 35.4 Å². The van der Waals surface area contributed by atoms with Crippen molar-refractivity contribution < 1.29 is 19.4 Å². The SMILES string of the molecule is C[C@@H]1CN(C(=O)c2ccc(CC#N)cc2)CC(C(=O)O)O1. The molecule has 0 radical (unpaired) electrons. The first-order valence-corrected chi connectivity index (χ1v) is 6.64. The van der Waals surface area contributed by atoms with Gasteiger partial charge >= 0.3 is 5.97 Å². The average molecular weight is 288 g/mol. The molecule has 1 amide bonds. The molecule has 1 aromatic rings. The van der Waals surface area contributed by atoms with Crippen LogP contribution < -0.4 is 0 Å². The number of carbonyl (C=O) groups is 2. The third kappa shape index (κ3) is 3.58. The zero-order chi connectivity index (χ0) is 15.4. The van der Waals surface area contributed by atoms with Gasteiger partial charge in [0.15, 0.2) is 6.10 Å². The van der Waals surface area contributed by atoms with Crippen LogP contribution in [0.4, 0.5) is 0 Å². The number of ether oxygens (including phenoxy) is 1. The van der Waals surface area contributed by atoms with Gasteiger partial charge in [0.25, 0.3) is 5.91 Å². The maximum Gasteiger partial charge on any atom is 0.334 e. The van der Waals surface area contributed by atoms with Gasteiger partial charge in [-0.1, -0.05) is 12.1 Å². The van der Waals surface area contributed by atoms with Gasteiger partial charge in [-0.15, -0.1) is 0 Å². The lowest BCUT2D eigenvalue weighted by atomic mass is 10.1. The number of aliphatic carboxylic acids is 1. The van der Waals surface area contributed by atoms with Gasteiger partial charge in [-0.25, -0.2) is 4.79 Å². The van der Waals surface area contributed by atoms with E-state index in [1.807, 2.05) is 6.07 Å². The third-order valence-electron chi connectivity index (χ3n) is 3.31. The Morgan fingerprint density at radius 3 is 2.62 bits per heavy atom.